The molecule has 4 rings (SSSR count). The zero-order valence-electron chi connectivity index (χ0n) is 19.7. The van der Waals surface area contributed by atoms with Crippen LogP contribution in [0.3, 0.4) is 0 Å². The summed E-state index contributed by atoms with van der Waals surface area (Å²) in [6, 6.07) is 14.1. The maximum Gasteiger partial charge on any atom is 0.165 e. The molecule has 0 saturated heterocycles. The maximum absolute atomic E-state index is 14.2. The van der Waals surface area contributed by atoms with E-state index in [0.717, 1.165) is 28.9 Å². The first-order valence-electron chi connectivity index (χ1n) is 12.8. The number of halogens is 1. The van der Waals surface area contributed by atoms with Crippen molar-refractivity contribution in [1.82, 2.24) is 0 Å². The molecule has 2 aromatic rings. The van der Waals surface area contributed by atoms with Gasteiger partial charge in [0.1, 0.15) is 0 Å². The molecule has 0 spiro atoms. The Kier molecular flexibility index (Phi) is 8.05. The van der Waals surface area contributed by atoms with Crippen molar-refractivity contribution in [2.75, 3.05) is 6.61 Å². The summed E-state index contributed by atoms with van der Waals surface area (Å²) in [7, 11) is 0. The third-order valence-electron chi connectivity index (χ3n) is 8.06. The summed E-state index contributed by atoms with van der Waals surface area (Å²) in [6.45, 7) is 6.23. The summed E-state index contributed by atoms with van der Waals surface area (Å²) in [5, 5.41) is 0. The zero-order chi connectivity index (χ0) is 22.3. The highest BCUT2D eigenvalue weighted by Crippen LogP contribution is 2.44. The van der Waals surface area contributed by atoms with Crippen molar-refractivity contribution < 1.29 is 9.13 Å². The van der Waals surface area contributed by atoms with Gasteiger partial charge in [-0.1, -0.05) is 49.2 Å². The van der Waals surface area contributed by atoms with Crippen LogP contribution in [0, 0.1) is 23.6 Å². The van der Waals surface area contributed by atoms with E-state index in [9.17, 15) is 4.39 Å². The monoisotopic (exact) mass is 434 g/mol. The first-order chi connectivity index (χ1) is 15.7. The fourth-order valence-electron chi connectivity index (χ4n) is 6.13. The molecule has 0 heterocycles. The van der Waals surface area contributed by atoms with E-state index in [4.69, 9.17) is 4.74 Å². The Morgan fingerprint density at radius 3 is 2.09 bits per heavy atom. The zero-order valence-corrected chi connectivity index (χ0v) is 19.7. The lowest BCUT2D eigenvalue weighted by atomic mass is 9.68. The molecule has 0 N–H and O–H groups in total. The van der Waals surface area contributed by atoms with Crippen LogP contribution in [0.2, 0.25) is 0 Å². The summed E-state index contributed by atoms with van der Waals surface area (Å²) in [6.07, 6.45) is 15.8. The Hall–Kier alpha value is -2.09. The fourth-order valence-corrected chi connectivity index (χ4v) is 6.13. The fraction of sp³-hybridized carbons (Fsp3) is 0.533. The van der Waals surface area contributed by atoms with Crippen LogP contribution in [-0.4, -0.2) is 6.61 Å². The number of hydrogen-bond donors (Lipinski definition) is 0. The topological polar surface area (TPSA) is 9.23 Å². The molecule has 172 valence electrons. The molecule has 2 aliphatic carbocycles. The molecule has 0 amide bonds. The standard InChI is InChI=1S/C30H39FO/c1-3-5-6-22-7-9-23(10-8-22)24-11-13-25(14-12-24)26-15-17-27(18-16-26)28-19-20-30(32-4-2)29(31)21-28/h3,15-25H,1,4-14H2,2H3. The molecule has 0 bridgehead atoms. The lowest BCUT2D eigenvalue weighted by molar-refractivity contribution is 0.157. The Morgan fingerprint density at radius 1 is 0.875 bits per heavy atom. The van der Waals surface area contributed by atoms with Crippen molar-refractivity contribution in [2.45, 2.75) is 77.0 Å². The normalized spacial score (nSPS) is 25.9. The molecule has 0 aromatic heterocycles. The molecule has 0 atom stereocenters. The molecular formula is C30H39FO. The first-order valence-corrected chi connectivity index (χ1v) is 12.8. The van der Waals surface area contributed by atoms with Gasteiger partial charge in [-0.25, -0.2) is 4.39 Å². The number of ether oxygens (including phenoxy) is 1. The molecule has 0 radical (unpaired) electrons. The average Bonchev–Trinajstić information content (AvgIpc) is 2.85. The van der Waals surface area contributed by atoms with Crippen molar-refractivity contribution in [1.29, 1.82) is 0 Å². The Balaban J connectivity index is 1.29. The van der Waals surface area contributed by atoms with Crippen LogP contribution in [0.15, 0.2) is 55.1 Å². The Morgan fingerprint density at radius 2 is 1.50 bits per heavy atom. The maximum atomic E-state index is 14.2. The highest BCUT2D eigenvalue weighted by molar-refractivity contribution is 5.64. The van der Waals surface area contributed by atoms with Gasteiger partial charge in [-0.15, -0.1) is 6.58 Å². The first kappa shape index (κ1) is 23.1. The minimum absolute atomic E-state index is 0.290. The molecule has 2 aliphatic rings. The number of benzene rings is 2. The molecule has 0 unspecified atom stereocenters. The minimum atomic E-state index is -0.290. The van der Waals surface area contributed by atoms with E-state index in [1.165, 1.54) is 69.8 Å². The second kappa shape index (κ2) is 11.2. The summed E-state index contributed by atoms with van der Waals surface area (Å²) in [5.74, 6) is 3.58. The van der Waals surface area contributed by atoms with Gasteiger partial charge in [0, 0.05) is 0 Å². The SMILES string of the molecule is C=CCCC1CCC(C2CCC(c3ccc(-c4ccc(OCC)c(F)c4)cc3)CC2)CC1. The van der Waals surface area contributed by atoms with Crippen molar-refractivity contribution in [3.8, 4) is 16.9 Å². The Bertz CT molecular complexity index is 855. The molecular weight excluding hydrogens is 395 g/mol. The third kappa shape index (κ3) is 5.63. The van der Waals surface area contributed by atoms with Crippen LogP contribution in [0.25, 0.3) is 11.1 Å². The molecule has 2 heteroatoms. The summed E-state index contributed by atoms with van der Waals surface area (Å²) < 4.78 is 19.6. The van der Waals surface area contributed by atoms with Crippen molar-refractivity contribution in [2.24, 2.45) is 17.8 Å². The van der Waals surface area contributed by atoms with Gasteiger partial charge < -0.3 is 4.74 Å². The van der Waals surface area contributed by atoms with Gasteiger partial charge in [0.2, 0.25) is 0 Å². The van der Waals surface area contributed by atoms with Crippen LogP contribution in [0.4, 0.5) is 4.39 Å². The van der Waals surface area contributed by atoms with Gasteiger partial charge >= 0.3 is 0 Å². The van der Waals surface area contributed by atoms with E-state index in [-0.39, 0.29) is 5.82 Å². The van der Waals surface area contributed by atoms with Gasteiger partial charge in [-0.3, -0.25) is 0 Å². The average molecular weight is 435 g/mol. The lowest BCUT2D eigenvalue weighted by Crippen LogP contribution is -2.25. The third-order valence-corrected chi connectivity index (χ3v) is 8.06. The van der Waals surface area contributed by atoms with Crippen LogP contribution >= 0.6 is 0 Å². The predicted octanol–water partition coefficient (Wildman–Crippen LogP) is 8.94. The van der Waals surface area contributed by atoms with Gasteiger partial charge in [0.25, 0.3) is 0 Å². The van der Waals surface area contributed by atoms with Gasteiger partial charge in [-0.2, -0.15) is 0 Å². The molecule has 32 heavy (non-hydrogen) atoms. The molecule has 1 nitrogen and oxygen atoms in total. The summed E-state index contributed by atoms with van der Waals surface area (Å²) in [5.41, 5.74) is 3.43. The highest BCUT2D eigenvalue weighted by Gasteiger charge is 2.31. The largest absolute Gasteiger partial charge is 0.491 e. The number of hydrogen-bond acceptors (Lipinski definition) is 1. The lowest BCUT2D eigenvalue weighted by Gasteiger charge is -2.38. The van der Waals surface area contributed by atoms with Crippen LogP contribution in [-0.2, 0) is 0 Å². The quantitative estimate of drug-likeness (QED) is 0.377. The minimum Gasteiger partial charge on any atom is -0.491 e. The van der Waals surface area contributed by atoms with E-state index in [0.29, 0.717) is 18.3 Å². The van der Waals surface area contributed by atoms with Crippen molar-refractivity contribution in [3.05, 3.63) is 66.5 Å². The van der Waals surface area contributed by atoms with Crippen LogP contribution < -0.4 is 4.74 Å². The van der Waals surface area contributed by atoms with Gasteiger partial charge in [-0.05, 0) is 111 Å². The van der Waals surface area contributed by atoms with Crippen molar-refractivity contribution >= 4 is 0 Å². The van der Waals surface area contributed by atoms with Gasteiger partial charge in [0.15, 0.2) is 11.6 Å². The van der Waals surface area contributed by atoms with E-state index in [1.54, 1.807) is 12.1 Å². The summed E-state index contributed by atoms with van der Waals surface area (Å²) >= 11 is 0. The van der Waals surface area contributed by atoms with E-state index in [2.05, 4.69) is 36.9 Å². The molecule has 2 saturated carbocycles. The van der Waals surface area contributed by atoms with E-state index < -0.39 is 0 Å². The highest BCUT2D eigenvalue weighted by atomic mass is 19.1. The molecule has 2 aromatic carbocycles. The number of rotatable bonds is 8. The Labute approximate surface area is 194 Å². The van der Waals surface area contributed by atoms with Crippen molar-refractivity contribution in [3.63, 3.8) is 0 Å². The summed E-state index contributed by atoms with van der Waals surface area (Å²) in [4.78, 5) is 0. The van der Waals surface area contributed by atoms with Gasteiger partial charge in [0.05, 0.1) is 6.61 Å². The number of allylic oxidation sites excluding steroid dienone is 1. The van der Waals surface area contributed by atoms with E-state index in [1.807, 2.05) is 13.0 Å². The smallest absolute Gasteiger partial charge is 0.165 e. The predicted molar refractivity (Wildman–Crippen MR) is 133 cm³/mol. The van der Waals surface area contributed by atoms with E-state index >= 15 is 0 Å². The second-order valence-electron chi connectivity index (χ2n) is 9.96. The second-order valence-corrected chi connectivity index (χ2v) is 9.96. The molecule has 2 fully saturated rings. The molecule has 0 aliphatic heterocycles. The van der Waals surface area contributed by atoms with Crippen LogP contribution in [0.5, 0.6) is 5.75 Å². The van der Waals surface area contributed by atoms with Crippen LogP contribution in [0.1, 0.15) is 82.6 Å².